The van der Waals surface area contributed by atoms with E-state index in [-0.39, 0.29) is 10.6 Å². The van der Waals surface area contributed by atoms with E-state index in [4.69, 9.17) is 16.3 Å². The predicted octanol–water partition coefficient (Wildman–Crippen LogP) is 1.30. The Kier molecular flexibility index (Phi) is 6.02. The lowest BCUT2D eigenvalue weighted by atomic mass is 9.98. The Labute approximate surface area is 130 Å². The molecule has 21 heavy (non-hydrogen) atoms. The topological polar surface area (TPSA) is 59.4 Å². The van der Waals surface area contributed by atoms with Crippen molar-refractivity contribution in [1.82, 2.24) is 14.7 Å². The van der Waals surface area contributed by atoms with Crippen LogP contribution in [0.1, 0.15) is 12.8 Å². The van der Waals surface area contributed by atoms with E-state index < -0.39 is 0 Å². The highest BCUT2D eigenvalue weighted by molar-refractivity contribution is 6.32. The molecular formula is C14H23ClN4O2. The third-order valence-electron chi connectivity index (χ3n) is 3.80. The lowest BCUT2D eigenvalue weighted by Crippen LogP contribution is -2.35. The SMILES string of the molecule is COCCn1ncc(NCC2CCCN(C)C2)c(Cl)c1=O. The fraction of sp³-hybridized carbons (Fsp3) is 0.714. The summed E-state index contributed by atoms with van der Waals surface area (Å²) < 4.78 is 6.27. The third-order valence-corrected chi connectivity index (χ3v) is 4.16. The quantitative estimate of drug-likeness (QED) is 0.857. The van der Waals surface area contributed by atoms with Gasteiger partial charge in [0.25, 0.3) is 5.56 Å². The first-order valence-electron chi connectivity index (χ1n) is 7.28. The fourth-order valence-electron chi connectivity index (χ4n) is 2.62. The Morgan fingerprint density at radius 1 is 1.57 bits per heavy atom. The van der Waals surface area contributed by atoms with Gasteiger partial charge in [0.05, 0.1) is 25.0 Å². The molecule has 6 nitrogen and oxygen atoms in total. The molecule has 0 radical (unpaired) electrons. The summed E-state index contributed by atoms with van der Waals surface area (Å²) >= 11 is 6.14. The van der Waals surface area contributed by atoms with E-state index in [1.54, 1.807) is 13.3 Å². The molecule has 0 spiro atoms. The molecule has 0 aliphatic carbocycles. The van der Waals surface area contributed by atoms with Crippen molar-refractivity contribution in [2.24, 2.45) is 5.92 Å². The summed E-state index contributed by atoms with van der Waals surface area (Å²) in [7, 11) is 3.72. The minimum absolute atomic E-state index is 0.199. The van der Waals surface area contributed by atoms with E-state index in [1.807, 2.05) is 0 Å². The number of hydrogen-bond donors (Lipinski definition) is 1. The number of methoxy groups -OCH3 is 1. The summed E-state index contributed by atoms with van der Waals surface area (Å²) in [5.41, 5.74) is 0.336. The van der Waals surface area contributed by atoms with E-state index in [0.29, 0.717) is 24.8 Å². The summed E-state index contributed by atoms with van der Waals surface area (Å²) in [4.78, 5) is 14.4. The van der Waals surface area contributed by atoms with Gasteiger partial charge in [-0.05, 0) is 32.4 Å². The van der Waals surface area contributed by atoms with Gasteiger partial charge in [-0.25, -0.2) is 4.68 Å². The minimum Gasteiger partial charge on any atom is -0.383 e. The first-order valence-corrected chi connectivity index (χ1v) is 7.66. The second kappa shape index (κ2) is 7.77. The Morgan fingerprint density at radius 2 is 2.38 bits per heavy atom. The molecule has 1 N–H and O–H groups in total. The number of likely N-dealkylation sites (tertiary alicyclic amines) is 1. The molecule has 1 fully saturated rings. The Morgan fingerprint density at radius 3 is 3.10 bits per heavy atom. The van der Waals surface area contributed by atoms with Crippen LogP contribution < -0.4 is 10.9 Å². The van der Waals surface area contributed by atoms with Crippen LogP contribution in [-0.4, -0.2) is 55.1 Å². The number of nitrogens with one attached hydrogen (secondary N) is 1. The van der Waals surface area contributed by atoms with E-state index in [0.717, 1.165) is 19.6 Å². The van der Waals surface area contributed by atoms with Crippen LogP contribution in [0.4, 0.5) is 5.69 Å². The molecule has 0 aromatic carbocycles. The first kappa shape index (κ1) is 16.3. The zero-order chi connectivity index (χ0) is 15.2. The zero-order valence-corrected chi connectivity index (χ0v) is 13.4. The van der Waals surface area contributed by atoms with Crippen molar-refractivity contribution < 1.29 is 4.74 Å². The van der Waals surface area contributed by atoms with Crippen molar-refractivity contribution >= 4 is 17.3 Å². The van der Waals surface area contributed by atoms with Gasteiger partial charge >= 0.3 is 0 Å². The molecule has 7 heteroatoms. The van der Waals surface area contributed by atoms with Gasteiger partial charge < -0.3 is 15.0 Å². The molecule has 2 rings (SSSR count). The highest BCUT2D eigenvalue weighted by Crippen LogP contribution is 2.19. The maximum Gasteiger partial charge on any atom is 0.287 e. The predicted molar refractivity (Wildman–Crippen MR) is 84.1 cm³/mol. The van der Waals surface area contributed by atoms with Crippen molar-refractivity contribution in [3.8, 4) is 0 Å². The molecule has 1 aromatic heterocycles. The van der Waals surface area contributed by atoms with Gasteiger partial charge in [0.2, 0.25) is 0 Å². The first-order chi connectivity index (χ1) is 10.1. The summed E-state index contributed by atoms with van der Waals surface area (Å²) in [6, 6.07) is 0. The second-order valence-corrected chi connectivity index (χ2v) is 5.92. The Hall–Kier alpha value is -1.11. The van der Waals surface area contributed by atoms with Crippen LogP contribution in [0.2, 0.25) is 5.02 Å². The molecule has 2 heterocycles. The number of piperidine rings is 1. The van der Waals surface area contributed by atoms with Gasteiger partial charge in [-0.2, -0.15) is 5.10 Å². The van der Waals surface area contributed by atoms with Crippen LogP contribution in [0.25, 0.3) is 0 Å². The van der Waals surface area contributed by atoms with Gasteiger partial charge in [-0.3, -0.25) is 4.79 Å². The van der Waals surface area contributed by atoms with Gasteiger partial charge in [-0.15, -0.1) is 0 Å². The smallest absolute Gasteiger partial charge is 0.287 e. The van der Waals surface area contributed by atoms with E-state index in [1.165, 1.54) is 17.5 Å². The number of halogens is 1. The highest BCUT2D eigenvalue weighted by atomic mass is 35.5. The molecule has 1 atom stereocenters. The van der Waals surface area contributed by atoms with Crippen LogP contribution >= 0.6 is 11.6 Å². The number of rotatable bonds is 6. The highest BCUT2D eigenvalue weighted by Gasteiger charge is 2.17. The van der Waals surface area contributed by atoms with Crippen LogP contribution in [-0.2, 0) is 11.3 Å². The number of aromatic nitrogens is 2. The van der Waals surface area contributed by atoms with Crippen LogP contribution in [0, 0.1) is 5.92 Å². The van der Waals surface area contributed by atoms with Crippen molar-refractivity contribution in [1.29, 1.82) is 0 Å². The number of ether oxygens (including phenoxy) is 1. The summed E-state index contributed by atoms with van der Waals surface area (Å²) in [5, 5.41) is 7.58. The lowest BCUT2D eigenvalue weighted by Gasteiger charge is -2.30. The largest absolute Gasteiger partial charge is 0.383 e. The number of hydrogen-bond acceptors (Lipinski definition) is 5. The standard InChI is InChI=1S/C14H23ClN4O2/c1-18-5-3-4-11(10-18)8-16-12-9-17-19(6-7-21-2)14(20)13(12)15/h9,11,16H,3-8,10H2,1-2H3. The van der Waals surface area contributed by atoms with Crippen LogP contribution in [0.15, 0.2) is 11.0 Å². The molecule has 0 saturated carbocycles. The van der Waals surface area contributed by atoms with E-state index >= 15 is 0 Å². The molecule has 0 bridgehead atoms. The molecule has 0 amide bonds. The molecule has 1 unspecified atom stereocenters. The third kappa shape index (κ3) is 4.43. The molecule has 1 aromatic rings. The maximum atomic E-state index is 12.1. The van der Waals surface area contributed by atoms with Crippen molar-refractivity contribution in [2.75, 3.05) is 45.7 Å². The average Bonchev–Trinajstić information content (AvgIpc) is 2.48. The van der Waals surface area contributed by atoms with Crippen LogP contribution in [0.5, 0.6) is 0 Å². The Balaban J connectivity index is 1.97. The van der Waals surface area contributed by atoms with Crippen molar-refractivity contribution in [3.63, 3.8) is 0 Å². The molecule has 1 saturated heterocycles. The second-order valence-electron chi connectivity index (χ2n) is 5.54. The van der Waals surface area contributed by atoms with Gasteiger partial charge in [0, 0.05) is 20.2 Å². The summed E-state index contributed by atoms with van der Waals surface area (Å²) in [6.07, 6.45) is 4.03. The van der Waals surface area contributed by atoms with Crippen molar-refractivity contribution in [2.45, 2.75) is 19.4 Å². The maximum absolute atomic E-state index is 12.1. The minimum atomic E-state index is -0.278. The van der Waals surface area contributed by atoms with Crippen molar-refractivity contribution in [3.05, 3.63) is 21.6 Å². The summed E-state index contributed by atoms with van der Waals surface area (Å²) in [6.45, 7) is 3.89. The number of anilines is 1. The van der Waals surface area contributed by atoms with E-state index in [2.05, 4.69) is 22.4 Å². The normalized spacial score (nSPS) is 19.7. The van der Waals surface area contributed by atoms with E-state index in [9.17, 15) is 4.79 Å². The molecule has 1 aliphatic rings. The monoisotopic (exact) mass is 314 g/mol. The molecular weight excluding hydrogens is 292 g/mol. The fourth-order valence-corrected chi connectivity index (χ4v) is 2.83. The molecule has 118 valence electrons. The van der Waals surface area contributed by atoms with Crippen LogP contribution in [0.3, 0.4) is 0 Å². The Bertz CT molecular complexity index is 520. The van der Waals surface area contributed by atoms with Gasteiger partial charge in [-0.1, -0.05) is 11.6 Å². The molecule has 1 aliphatic heterocycles. The lowest BCUT2D eigenvalue weighted by molar-refractivity contribution is 0.182. The number of nitrogens with zero attached hydrogens (tertiary/aromatic N) is 3. The zero-order valence-electron chi connectivity index (χ0n) is 12.6. The van der Waals surface area contributed by atoms with Gasteiger partial charge in [0.15, 0.2) is 0 Å². The summed E-state index contributed by atoms with van der Waals surface area (Å²) in [5.74, 6) is 0.579. The average molecular weight is 315 g/mol. The van der Waals surface area contributed by atoms with Gasteiger partial charge in [0.1, 0.15) is 5.02 Å².